The number of nitrogens with zero attached hydrogens (tertiary/aromatic N) is 2. The van der Waals surface area contributed by atoms with Gasteiger partial charge in [0.15, 0.2) is 0 Å². The standard InChI is InChI=1S/C46H51N3/c1-8-47-41-26-18-16-24-39(41)45(4,5)34(3)28-29-35-30-31-36(32-33-43-46(6,7)40-25-17-19-27-42(40)48(43)9-2)44(35)49(37-20-12-10-13-21-37)38-22-14-11-15-23-38/h10-29,32-33,47H,3,8-9,30-31H2,1-2,4-7H3/b29-28+,36-32+,43-33+. The molecule has 0 radical (unpaired) electrons. The van der Waals surface area contributed by atoms with Crippen molar-refractivity contribution in [2.24, 2.45) is 0 Å². The summed E-state index contributed by atoms with van der Waals surface area (Å²) >= 11 is 0. The maximum Gasteiger partial charge on any atom is 0.0525 e. The second-order valence-electron chi connectivity index (χ2n) is 14.1. The first-order valence-electron chi connectivity index (χ1n) is 17.8. The third-order valence-electron chi connectivity index (χ3n) is 10.3. The molecule has 4 aromatic rings. The minimum absolute atomic E-state index is 0.0837. The highest BCUT2D eigenvalue weighted by Gasteiger charge is 2.39. The molecule has 0 bridgehead atoms. The molecule has 1 aliphatic carbocycles. The summed E-state index contributed by atoms with van der Waals surface area (Å²) in [6.07, 6.45) is 11.3. The number of hydrogen-bond donors (Lipinski definition) is 1. The number of para-hydroxylation sites is 4. The van der Waals surface area contributed by atoms with E-state index in [1.165, 1.54) is 45.0 Å². The highest BCUT2D eigenvalue weighted by molar-refractivity contribution is 5.75. The molecule has 0 saturated heterocycles. The van der Waals surface area contributed by atoms with Gasteiger partial charge in [0, 0.05) is 52.4 Å². The first-order chi connectivity index (χ1) is 23.7. The Labute approximate surface area is 294 Å². The lowest BCUT2D eigenvalue weighted by Crippen LogP contribution is -2.25. The fourth-order valence-corrected chi connectivity index (χ4v) is 7.50. The molecule has 1 N–H and O–H groups in total. The van der Waals surface area contributed by atoms with Gasteiger partial charge in [0.25, 0.3) is 0 Å². The van der Waals surface area contributed by atoms with Gasteiger partial charge < -0.3 is 15.1 Å². The summed E-state index contributed by atoms with van der Waals surface area (Å²) in [6.45, 7) is 20.1. The van der Waals surface area contributed by atoms with E-state index in [-0.39, 0.29) is 10.8 Å². The smallest absolute Gasteiger partial charge is 0.0525 e. The summed E-state index contributed by atoms with van der Waals surface area (Å²) in [6, 6.07) is 39.0. The van der Waals surface area contributed by atoms with Crippen LogP contribution in [-0.4, -0.2) is 13.1 Å². The second-order valence-corrected chi connectivity index (χ2v) is 14.1. The molecule has 2 aliphatic rings. The highest BCUT2D eigenvalue weighted by atomic mass is 15.2. The summed E-state index contributed by atoms with van der Waals surface area (Å²) in [5, 5.41) is 3.56. The van der Waals surface area contributed by atoms with E-state index in [1.807, 2.05) is 0 Å². The lowest BCUT2D eigenvalue weighted by Gasteiger charge is -2.30. The van der Waals surface area contributed by atoms with E-state index in [4.69, 9.17) is 0 Å². The zero-order chi connectivity index (χ0) is 34.6. The Kier molecular flexibility index (Phi) is 9.83. The highest BCUT2D eigenvalue weighted by Crippen LogP contribution is 2.48. The Morgan fingerprint density at radius 2 is 1.43 bits per heavy atom. The van der Waals surface area contributed by atoms with Crippen molar-refractivity contribution in [3.05, 3.63) is 179 Å². The molecule has 0 amide bonds. The topological polar surface area (TPSA) is 18.5 Å². The maximum absolute atomic E-state index is 4.63. The molecule has 4 aromatic carbocycles. The van der Waals surface area contributed by atoms with Crippen LogP contribution in [0.3, 0.4) is 0 Å². The van der Waals surface area contributed by atoms with Gasteiger partial charge in [0.05, 0.1) is 5.70 Å². The van der Waals surface area contributed by atoms with Gasteiger partial charge in [-0.15, -0.1) is 0 Å². The molecule has 49 heavy (non-hydrogen) atoms. The van der Waals surface area contributed by atoms with Crippen LogP contribution < -0.4 is 15.1 Å². The molecule has 1 heterocycles. The van der Waals surface area contributed by atoms with E-state index < -0.39 is 0 Å². The fourth-order valence-electron chi connectivity index (χ4n) is 7.50. The van der Waals surface area contributed by atoms with Crippen molar-refractivity contribution in [2.45, 2.75) is 65.2 Å². The van der Waals surface area contributed by atoms with Crippen LogP contribution >= 0.6 is 0 Å². The van der Waals surface area contributed by atoms with Gasteiger partial charge in [0.1, 0.15) is 0 Å². The van der Waals surface area contributed by atoms with Crippen LogP contribution in [0.5, 0.6) is 0 Å². The van der Waals surface area contributed by atoms with E-state index in [0.29, 0.717) is 0 Å². The van der Waals surface area contributed by atoms with Crippen molar-refractivity contribution in [1.82, 2.24) is 0 Å². The SMILES string of the molecule is C=C(/C=C/C1=C(N(c2ccccc2)c2ccccc2)C(=C/C=C2/N(CC)c3ccccc3C2(C)C)/CC1)C(C)(C)c1ccccc1NCC. The molecule has 0 fully saturated rings. The van der Waals surface area contributed by atoms with Gasteiger partial charge in [-0.25, -0.2) is 0 Å². The average Bonchev–Trinajstić information content (AvgIpc) is 3.61. The number of benzene rings is 4. The minimum Gasteiger partial charge on any atom is -0.385 e. The number of hydrogen-bond acceptors (Lipinski definition) is 3. The molecule has 1 aliphatic heterocycles. The van der Waals surface area contributed by atoms with Crippen molar-refractivity contribution in [3.63, 3.8) is 0 Å². The summed E-state index contributed by atoms with van der Waals surface area (Å²) in [4.78, 5) is 4.92. The Bertz CT molecular complexity index is 1880. The van der Waals surface area contributed by atoms with Gasteiger partial charge in [-0.1, -0.05) is 125 Å². The summed E-state index contributed by atoms with van der Waals surface area (Å²) in [7, 11) is 0. The first-order valence-corrected chi connectivity index (χ1v) is 17.8. The molecule has 3 nitrogen and oxygen atoms in total. The number of allylic oxidation sites excluding steroid dienone is 8. The van der Waals surface area contributed by atoms with Crippen LogP contribution in [0.25, 0.3) is 0 Å². The largest absolute Gasteiger partial charge is 0.385 e. The van der Waals surface area contributed by atoms with Gasteiger partial charge in [-0.05, 0) is 97.0 Å². The number of fused-ring (bicyclic) bond motifs is 1. The summed E-state index contributed by atoms with van der Waals surface area (Å²) in [5.41, 5.74) is 13.4. The zero-order valence-corrected chi connectivity index (χ0v) is 30.1. The molecular weight excluding hydrogens is 595 g/mol. The van der Waals surface area contributed by atoms with Crippen molar-refractivity contribution in [1.29, 1.82) is 0 Å². The molecule has 0 aromatic heterocycles. The van der Waals surface area contributed by atoms with Crippen LogP contribution in [0.4, 0.5) is 22.7 Å². The normalized spacial score (nSPS) is 17.3. The van der Waals surface area contributed by atoms with Crippen molar-refractivity contribution < 1.29 is 0 Å². The van der Waals surface area contributed by atoms with Crippen LogP contribution in [-0.2, 0) is 10.8 Å². The molecule has 0 unspecified atom stereocenters. The molecule has 6 rings (SSSR count). The van der Waals surface area contributed by atoms with Gasteiger partial charge in [0.2, 0.25) is 0 Å². The number of nitrogens with one attached hydrogen (secondary N) is 1. The van der Waals surface area contributed by atoms with E-state index in [2.05, 4.69) is 197 Å². The quantitative estimate of drug-likeness (QED) is 0.164. The van der Waals surface area contributed by atoms with Gasteiger partial charge >= 0.3 is 0 Å². The predicted octanol–water partition coefficient (Wildman–Crippen LogP) is 12.0. The summed E-state index contributed by atoms with van der Waals surface area (Å²) in [5.74, 6) is 0. The van der Waals surface area contributed by atoms with E-state index in [1.54, 1.807) is 0 Å². The fraction of sp³-hybridized carbons (Fsp3) is 0.261. The average molecular weight is 646 g/mol. The van der Waals surface area contributed by atoms with Gasteiger partial charge in [-0.3, -0.25) is 0 Å². The lowest BCUT2D eigenvalue weighted by molar-refractivity contribution is 0.633. The van der Waals surface area contributed by atoms with E-state index in [9.17, 15) is 0 Å². The minimum atomic E-state index is -0.247. The first kappa shape index (κ1) is 33.9. The Morgan fingerprint density at radius 1 is 0.816 bits per heavy atom. The molecule has 0 saturated carbocycles. The third-order valence-corrected chi connectivity index (χ3v) is 10.3. The van der Waals surface area contributed by atoms with Crippen LogP contribution in [0.2, 0.25) is 0 Å². The maximum atomic E-state index is 4.63. The molecule has 0 atom stereocenters. The molecular formula is C46H51N3. The summed E-state index contributed by atoms with van der Waals surface area (Å²) < 4.78 is 0. The monoisotopic (exact) mass is 645 g/mol. The van der Waals surface area contributed by atoms with Crippen molar-refractivity contribution >= 4 is 22.7 Å². The predicted molar refractivity (Wildman–Crippen MR) is 212 cm³/mol. The van der Waals surface area contributed by atoms with Crippen molar-refractivity contribution in [3.8, 4) is 0 Å². The van der Waals surface area contributed by atoms with Crippen LogP contribution in [0.15, 0.2) is 168 Å². The Morgan fingerprint density at radius 3 is 2.08 bits per heavy atom. The number of likely N-dealkylation sites (N-methyl/N-ethyl adjacent to an activating group) is 1. The number of rotatable bonds is 11. The number of anilines is 4. The Balaban J connectivity index is 1.47. The third kappa shape index (κ3) is 6.55. The lowest BCUT2D eigenvalue weighted by atomic mass is 9.77. The molecule has 0 spiro atoms. The van der Waals surface area contributed by atoms with Crippen LogP contribution in [0, 0.1) is 0 Å². The molecule has 3 heteroatoms. The van der Waals surface area contributed by atoms with Gasteiger partial charge in [-0.2, -0.15) is 0 Å². The second kappa shape index (κ2) is 14.2. The molecule has 250 valence electrons. The zero-order valence-electron chi connectivity index (χ0n) is 30.1. The van der Waals surface area contributed by atoms with E-state index in [0.717, 1.165) is 42.9 Å². The van der Waals surface area contributed by atoms with Crippen LogP contribution in [0.1, 0.15) is 65.5 Å². The van der Waals surface area contributed by atoms with E-state index >= 15 is 0 Å². The Hall–Kier alpha value is -5.02. The van der Waals surface area contributed by atoms with Crippen molar-refractivity contribution in [2.75, 3.05) is 28.2 Å².